The van der Waals surface area contributed by atoms with E-state index in [0.29, 0.717) is 6.42 Å². The van der Waals surface area contributed by atoms with Gasteiger partial charge in [-0.25, -0.2) is 0 Å². The van der Waals surface area contributed by atoms with E-state index in [1.165, 1.54) is 0 Å². The number of hydrogen-bond donors (Lipinski definition) is 2. The number of halogens is 4. The summed E-state index contributed by atoms with van der Waals surface area (Å²) in [6.45, 7) is 2.08. The minimum Gasteiger partial charge on any atom is -0.362 e. The van der Waals surface area contributed by atoms with Gasteiger partial charge in [-0.1, -0.05) is 70.5 Å². The summed E-state index contributed by atoms with van der Waals surface area (Å²) in [6, 6.07) is 7.38. The molecule has 0 fully saturated rings. The highest BCUT2D eigenvalue weighted by molar-refractivity contribution is 9.10. The summed E-state index contributed by atoms with van der Waals surface area (Å²) >= 11 is 21.1. The zero-order valence-electron chi connectivity index (χ0n) is 11.6. The van der Waals surface area contributed by atoms with Gasteiger partial charge in [-0.2, -0.15) is 0 Å². The summed E-state index contributed by atoms with van der Waals surface area (Å²) < 4.78 is -0.699. The zero-order chi connectivity index (χ0) is 15.9. The first-order valence-corrected chi connectivity index (χ1v) is 8.63. The molecule has 0 aliphatic heterocycles. The van der Waals surface area contributed by atoms with E-state index in [1.807, 2.05) is 24.3 Å². The molecule has 0 radical (unpaired) electrons. The number of carbonyl (C=O) groups excluding carboxylic acids is 1. The van der Waals surface area contributed by atoms with Crippen molar-refractivity contribution in [3.63, 3.8) is 0 Å². The van der Waals surface area contributed by atoms with Crippen LogP contribution in [0.3, 0.4) is 0 Å². The quantitative estimate of drug-likeness (QED) is 0.362. The third kappa shape index (κ3) is 7.59. The Hall–Kier alpha value is -0.160. The van der Waals surface area contributed by atoms with Crippen molar-refractivity contribution in [2.75, 3.05) is 5.32 Å². The summed E-state index contributed by atoms with van der Waals surface area (Å²) in [5.41, 5.74) is 0.753. The number of amides is 1. The van der Waals surface area contributed by atoms with Crippen molar-refractivity contribution in [1.82, 2.24) is 5.32 Å². The standard InChI is InChI=1S/C14H18BrCl3N2O/c1-2-3-4-5-12(21)20-13(14(16,17)18)19-11-8-6-10(15)7-9-11/h6-9,13,19H,2-5H2,1H3,(H,20,21). The summed E-state index contributed by atoms with van der Waals surface area (Å²) in [5, 5.41) is 5.74. The van der Waals surface area contributed by atoms with E-state index in [1.54, 1.807) is 0 Å². The molecule has 0 saturated carbocycles. The number of carbonyl (C=O) groups is 1. The molecule has 2 N–H and O–H groups in total. The van der Waals surface area contributed by atoms with Crippen molar-refractivity contribution < 1.29 is 4.79 Å². The Labute approximate surface area is 148 Å². The molecule has 3 nitrogen and oxygen atoms in total. The van der Waals surface area contributed by atoms with E-state index in [9.17, 15) is 4.79 Å². The fourth-order valence-corrected chi connectivity index (χ4v) is 2.27. The molecular weight excluding hydrogens is 398 g/mol. The molecule has 0 bridgehead atoms. The molecule has 0 aromatic heterocycles. The Morgan fingerprint density at radius 2 is 1.86 bits per heavy atom. The molecule has 0 spiro atoms. The Balaban J connectivity index is 2.64. The van der Waals surface area contributed by atoms with E-state index < -0.39 is 9.96 Å². The zero-order valence-corrected chi connectivity index (χ0v) is 15.5. The number of anilines is 1. The molecule has 7 heteroatoms. The molecule has 1 aromatic carbocycles. The average Bonchev–Trinajstić information content (AvgIpc) is 2.40. The summed E-state index contributed by atoms with van der Waals surface area (Å²) in [4.78, 5) is 11.9. The molecule has 0 heterocycles. The molecular formula is C14H18BrCl3N2O. The van der Waals surface area contributed by atoms with Gasteiger partial charge in [0.1, 0.15) is 6.17 Å². The van der Waals surface area contributed by atoms with E-state index in [4.69, 9.17) is 34.8 Å². The summed E-state index contributed by atoms with van der Waals surface area (Å²) in [6.07, 6.45) is 2.52. The molecule has 1 amide bonds. The van der Waals surface area contributed by atoms with Crippen LogP contribution in [0.15, 0.2) is 28.7 Å². The van der Waals surface area contributed by atoms with Gasteiger partial charge in [0.05, 0.1) is 0 Å². The number of hydrogen-bond acceptors (Lipinski definition) is 2. The van der Waals surface area contributed by atoms with Gasteiger partial charge in [-0.15, -0.1) is 0 Å². The first-order valence-electron chi connectivity index (χ1n) is 6.71. The molecule has 21 heavy (non-hydrogen) atoms. The van der Waals surface area contributed by atoms with Crippen molar-refractivity contribution in [3.05, 3.63) is 28.7 Å². The minimum absolute atomic E-state index is 0.135. The van der Waals surface area contributed by atoms with Crippen LogP contribution in [-0.2, 0) is 4.79 Å². The molecule has 0 aliphatic carbocycles. The lowest BCUT2D eigenvalue weighted by molar-refractivity contribution is -0.121. The van der Waals surface area contributed by atoms with Crippen LogP contribution in [0.4, 0.5) is 5.69 Å². The fraction of sp³-hybridized carbons (Fsp3) is 0.500. The lowest BCUT2D eigenvalue weighted by Crippen LogP contribution is -2.49. The second kappa shape index (κ2) is 9.09. The van der Waals surface area contributed by atoms with Gasteiger partial charge < -0.3 is 10.6 Å². The van der Waals surface area contributed by atoms with E-state index in [2.05, 4.69) is 33.5 Å². The summed E-state index contributed by atoms with van der Waals surface area (Å²) in [5.74, 6) is -0.135. The minimum atomic E-state index is -1.65. The SMILES string of the molecule is CCCCCC(=O)NC(Nc1ccc(Br)cc1)C(Cl)(Cl)Cl. The molecule has 1 rings (SSSR count). The lowest BCUT2D eigenvalue weighted by atomic mass is 10.2. The largest absolute Gasteiger partial charge is 0.362 e. The van der Waals surface area contributed by atoms with Gasteiger partial charge in [0.15, 0.2) is 0 Å². The number of benzene rings is 1. The van der Waals surface area contributed by atoms with Crippen LogP contribution < -0.4 is 10.6 Å². The normalized spacial score (nSPS) is 12.8. The number of unbranched alkanes of at least 4 members (excludes halogenated alkanes) is 2. The smallest absolute Gasteiger partial charge is 0.228 e. The third-order valence-corrected chi connectivity index (χ3v) is 3.98. The number of alkyl halides is 3. The Morgan fingerprint density at radius 3 is 2.38 bits per heavy atom. The van der Waals surface area contributed by atoms with Crippen LogP contribution in [0, 0.1) is 0 Å². The van der Waals surface area contributed by atoms with Crippen LogP contribution in [-0.4, -0.2) is 15.9 Å². The second-order valence-electron chi connectivity index (χ2n) is 4.65. The van der Waals surface area contributed by atoms with Gasteiger partial charge in [0.2, 0.25) is 9.70 Å². The average molecular weight is 417 g/mol. The van der Waals surface area contributed by atoms with Crippen molar-refractivity contribution in [3.8, 4) is 0 Å². The first kappa shape index (κ1) is 18.9. The van der Waals surface area contributed by atoms with Crippen LogP contribution in [0.5, 0.6) is 0 Å². The number of nitrogens with one attached hydrogen (secondary N) is 2. The predicted molar refractivity (Wildman–Crippen MR) is 94.1 cm³/mol. The van der Waals surface area contributed by atoms with Crippen molar-refractivity contribution in [2.45, 2.75) is 42.6 Å². The lowest BCUT2D eigenvalue weighted by Gasteiger charge is -2.27. The maximum absolute atomic E-state index is 11.9. The third-order valence-electron chi connectivity index (χ3n) is 2.80. The first-order chi connectivity index (χ1) is 9.82. The monoisotopic (exact) mass is 414 g/mol. The molecule has 1 atom stereocenters. The van der Waals surface area contributed by atoms with Gasteiger partial charge in [0.25, 0.3) is 0 Å². The fourth-order valence-electron chi connectivity index (χ4n) is 1.68. The topological polar surface area (TPSA) is 41.1 Å². The van der Waals surface area contributed by atoms with Crippen LogP contribution in [0.25, 0.3) is 0 Å². The molecule has 0 saturated heterocycles. The highest BCUT2D eigenvalue weighted by Gasteiger charge is 2.33. The Morgan fingerprint density at radius 1 is 1.24 bits per heavy atom. The highest BCUT2D eigenvalue weighted by atomic mass is 79.9. The van der Waals surface area contributed by atoms with Crippen molar-refractivity contribution >= 4 is 62.3 Å². The van der Waals surface area contributed by atoms with Crippen molar-refractivity contribution in [2.24, 2.45) is 0 Å². The van der Waals surface area contributed by atoms with E-state index in [-0.39, 0.29) is 5.91 Å². The number of rotatable bonds is 7. The maximum atomic E-state index is 11.9. The molecule has 118 valence electrons. The van der Waals surface area contributed by atoms with Crippen molar-refractivity contribution in [1.29, 1.82) is 0 Å². The molecule has 0 aliphatic rings. The van der Waals surface area contributed by atoms with Crippen LogP contribution >= 0.6 is 50.7 Å². The summed E-state index contributed by atoms with van der Waals surface area (Å²) in [7, 11) is 0. The molecule has 1 aromatic rings. The Bertz CT molecular complexity index is 449. The van der Waals surface area contributed by atoms with E-state index in [0.717, 1.165) is 29.4 Å². The highest BCUT2D eigenvalue weighted by Crippen LogP contribution is 2.31. The van der Waals surface area contributed by atoms with Gasteiger partial charge in [0, 0.05) is 16.6 Å². The van der Waals surface area contributed by atoms with Gasteiger partial charge in [-0.05, 0) is 30.7 Å². The molecule has 1 unspecified atom stereocenters. The Kier molecular flexibility index (Phi) is 8.17. The van der Waals surface area contributed by atoms with Gasteiger partial charge in [-0.3, -0.25) is 4.79 Å². The second-order valence-corrected chi connectivity index (χ2v) is 7.94. The predicted octanol–water partition coefficient (Wildman–Crippen LogP) is 5.25. The van der Waals surface area contributed by atoms with Crippen LogP contribution in [0.2, 0.25) is 0 Å². The van der Waals surface area contributed by atoms with E-state index >= 15 is 0 Å². The maximum Gasteiger partial charge on any atom is 0.228 e. The van der Waals surface area contributed by atoms with Gasteiger partial charge >= 0.3 is 0 Å². The van der Waals surface area contributed by atoms with Crippen LogP contribution in [0.1, 0.15) is 32.6 Å².